The zero-order valence-corrected chi connectivity index (χ0v) is 14.0. The first-order valence-electron chi connectivity index (χ1n) is 6.75. The fraction of sp³-hybridized carbons (Fsp3) is 0.533. The molecule has 118 valence electrons. The smallest absolute Gasteiger partial charge is 0.337 e. The molecule has 1 aromatic carbocycles. The molecule has 0 bridgehead atoms. The Morgan fingerprint density at radius 1 is 1.29 bits per heavy atom. The molecular weight excluding hydrogens is 290 g/mol. The van der Waals surface area contributed by atoms with E-state index >= 15 is 0 Å². The predicted octanol–water partition coefficient (Wildman–Crippen LogP) is 2.50. The fourth-order valence-corrected chi connectivity index (χ4v) is 3.09. The maximum atomic E-state index is 12.3. The van der Waals surface area contributed by atoms with Crippen molar-refractivity contribution in [3.63, 3.8) is 0 Å². The summed E-state index contributed by atoms with van der Waals surface area (Å²) in [7, 11) is -2.28. The minimum atomic E-state index is -3.56. The summed E-state index contributed by atoms with van der Waals surface area (Å²) in [5.74, 6) is -0.484. The van der Waals surface area contributed by atoms with Crippen molar-refractivity contribution < 1.29 is 17.9 Å². The van der Waals surface area contributed by atoms with Crippen LogP contribution in [0.1, 0.15) is 43.1 Å². The molecule has 5 nitrogen and oxygen atoms in total. The molecule has 6 heteroatoms. The lowest BCUT2D eigenvalue weighted by Crippen LogP contribution is -2.28. The van der Waals surface area contributed by atoms with Crippen molar-refractivity contribution in [2.24, 2.45) is 5.41 Å². The molecular formula is C15H23NO4S. The fourth-order valence-electron chi connectivity index (χ4n) is 1.83. The number of nitrogens with one attached hydrogen (secondary N) is 1. The quantitative estimate of drug-likeness (QED) is 0.848. The van der Waals surface area contributed by atoms with Crippen LogP contribution in [0.5, 0.6) is 0 Å². The minimum Gasteiger partial charge on any atom is -0.465 e. The number of hydrogen-bond donors (Lipinski definition) is 1. The Morgan fingerprint density at radius 2 is 1.90 bits per heavy atom. The molecule has 0 amide bonds. The molecule has 0 saturated carbocycles. The first-order chi connectivity index (χ1) is 9.57. The first-order valence-corrected chi connectivity index (χ1v) is 8.24. The van der Waals surface area contributed by atoms with Gasteiger partial charge in [-0.05, 0) is 42.5 Å². The normalized spacial score (nSPS) is 12.2. The lowest BCUT2D eigenvalue weighted by Gasteiger charge is -2.18. The van der Waals surface area contributed by atoms with Gasteiger partial charge in [-0.15, -0.1) is 0 Å². The molecule has 0 spiro atoms. The third-order valence-corrected chi connectivity index (χ3v) is 4.67. The molecule has 0 radical (unpaired) electrons. The Labute approximate surface area is 126 Å². The van der Waals surface area contributed by atoms with Gasteiger partial charge in [0.15, 0.2) is 0 Å². The van der Waals surface area contributed by atoms with Crippen LogP contribution in [0, 0.1) is 12.3 Å². The van der Waals surface area contributed by atoms with E-state index in [1.807, 2.05) is 0 Å². The molecule has 0 saturated heterocycles. The second-order valence-corrected chi connectivity index (χ2v) is 7.92. The van der Waals surface area contributed by atoms with Crippen molar-refractivity contribution in [2.45, 2.75) is 39.0 Å². The van der Waals surface area contributed by atoms with Gasteiger partial charge in [-0.1, -0.05) is 20.8 Å². The second kappa shape index (κ2) is 6.58. The molecule has 21 heavy (non-hydrogen) atoms. The molecule has 0 heterocycles. The Balaban J connectivity index is 2.91. The van der Waals surface area contributed by atoms with Gasteiger partial charge >= 0.3 is 5.97 Å². The van der Waals surface area contributed by atoms with Crippen molar-refractivity contribution in [2.75, 3.05) is 13.7 Å². The minimum absolute atomic E-state index is 0.0618. The van der Waals surface area contributed by atoms with E-state index in [2.05, 4.69) is 30.2 Å². The number of ether oxygens (including phenoxy) is 1. The number of esters is 1. The monoisotopic (exact) mass is 313 g/mol. The number of carbonyl (C=O) groups is 1. The van der Waals surface area contributed by atoms with Gasteiger partial charge in [-0.3, -0.25) is 0 Å². The molecule has 1 N–H and O–H groups in total. The maximum Gasteiger partial charge on any atom is 0.337 e. The molecule has 0 aromatic heterocycles. The standard InChI is InChI=1S/C15H23NO4S/c1-11-10-12(14(17)20-5)6-7-13(11)21(18,19)16-9-8-15(2,3)4/h6-7,10,16H,8-9H2,1-5H3. The van der Waals surface area contributed by atoms with E-state index in [1.165, 1.54) is 25.3 Å². The largest absolute Gasteiger partial charge is 0.465 e. The van der Waals surface area contributed by atoms with Crippen molar-refractivity contribution in [3.05, 3.63) is 29.3 Å². The summed E-state index contributed by atoms with van der Waals surface area (Å²) in [6, 6.07) is 4.41. The summed E-state index contributed by atoms with van der Waals surface area (Å²) in [6.07, 6.45) is 0.742. The summed E-state index contributed by atoms with van der Waals surface area (Å²) in [4.78, 5) is 11.6. The average molecular weight is 313 g/mol. The Morgan fingerprint density at radius 3 is 2.38 bits per heavy atom. The van der Waals surface area contributed by atoms with Gasteiger partial charge in [0.25, 0.3) is 0 Å². The number of aryl methyl sites for hydroxylation is 1. The molecule has 0 atom stereocenters. The van der Waals surface area contributed by atoms with Crippen LogP contribution in [0.2, 0.25) is 0 Å². The highest BCUT2D eigenvalue weighted by molar-refractivity contribution is 7.89. The van der Waals surface area contributed by atoms with Gasteiger partial charge in [0.05, 0.1) is 17.6 Å². The third-order valence-electron chi connectivity index (χ3n) is 3.05. The van der Waals surface area contributed by atoms with Gasteiger partial charge in [0.2, 0.25) is 10.0 Å². The summed E-state index contributed by atoms with van der Waals surface area (Å²) < 4.78 is 31.7. The van der Waals surface area contributed by atoms with Crippen LogP contribution in [0.15, 0.2) is 23.1 Å². The third kappa shape index (κ3) is 5.13. The highest BCUT2D eigenvalue weighted by Crippen LogP contribution is 2.20. The molecule has 1 aromatic rings. The molecule has 0 aliphatic heterocycles. The van der Waals surface area contributed by atoms with Gasteiger partial charge < -0.3 is 4.74 Å². The van der Waals surface area contributed by atoms with Gasteiger partial charge in [-0.2, -0.15) is 0 Å². The average Bonchev–Trinajstić information content (AvgIpc) is 2.35. The van der Waals surface area contributed by atoms with E-state index in [-0.39, 0.29) is 10.3 Å². The Bertz CT molecular complexity index is 615. The van der Waals surface area contributed by atoms with Gasteiger partial charge in [0.1, 0.15) is 0 Å². The Kier molecular flexibility index (Phi) is 5.53. The SMILES string of the molecule is COC(=O)c1ccc(S(=O)(=O)NCCC(C)(C)C)c(C)c1. The van der Waals surface area contributed by atoms with Crippen LogP contribution in [0.4, 0.5) is 0 Å². The van der Waals surface area contributed by atoms with E-state index < -0.39 is 16.0 Å². The van der Waals surface area contributed by atoms with Crippen LogP contribution in [-0.4, -0.2) is 28.0 Å². The summed E-state index contributed by atoms with van der Waals surface area (Å²) in [5, 5.41) is 0. The van der Waals surface area contributed by atoms with Crippen molar-refractivity contribution >= 4 is 16.0 Å². The van der Waals surface area contributed by atoms with E-state index in [0.717, 1.165) is 6.42 Å². The zero-order chi connectivity index (χ0) is 16.3. The van der Waals surface area contributed by atoms with Crippen molar-refractivity contribution in [1.29, 1.82) is 0 Å². The van der Waals surface area contributed by atoms with Crippen LogP contribution >= 0.6 is 0 Å². The molecule has 0 aliphatic rings. The van der Waals surface area contributed by atoms with Crippen LogP contribution in [0.25, 0.3) is 0 Å². The number of carbonyl (C=O) groups excluding carboxylic acids is 1. The summed E-state index contributed by atoms with van der Waals surface area (Å²) in [5.41, 5.74) is 0.913. The maximum absolute atomic E-state index is 12.3. The van der Waals surface area contributed by atoms with Crippen LogP contribution in [0.3, 0.4) is 0 Å². The Hall–Kier alpha value is -1.40. The highest BCUT2D eigenvalue weighted by atomic mass is 32.2. The van der Waals surface area contributed by atoms with Crippen molar-refractivity contribution in [1.82, 2.24) is 4.72 Å². The molecule has 0 aliphatic carbocycles. The predicted molar refractivity (Wildman–Crippen MR) is 81.8 cm³/mol. The number of sulfonamides is 1. The molecule has 1 rings (SSSR count). The lowest BCUT2D eigenvalue weighted by molar-refractivity contribution is 0.0600. The van der Waals surface area contributed by atoms with Crippen molar-refractivity contribution in [3.8, 4) is 0 Å². The second-order valence-electron chi connectivity index (χ2n) is 6.18. The summed E-state index contributed by atoms with van der Waals surface area (Å²) in [6.45, 7) is 8.20. The number of benzene rings is 1. The van der Waals surface area contributed by atoms with Gasteiger partial charge in [0, 0.05) is 6.54 Å². The summed E-state index contributed by atoms with van der Waals surface area (Å²) >= 11 is 0. The molecule has 0 unspecified atom stereocenters. The lowest BCUT2D eigenvalue weighted by atomic mass is 9.93. The van der Waals surface area contributed by atoms with E-state index in [1.54, 1.807) is 6.92 Å². The number of methoxy groups -OCH3 is 1. The first kappa shape index (κ1) is 17.7. The van der Waals surface area contributed by atoms with Gasteiger partial charge in [-0.25, -0.2) is 17.9 Å². The molecule has 0 fully saturated rings. The van der Waals surface area contributed by atoms with E-state index in [4.69, 9.17) is 0 Å². The van der Waals surface area contributed by atoms with E-state index in [9.17, 15) is 13.2 Å². The number of rotatable bonds is 5. The van der Waals surface area contributed by atoms with Crippen LogP contribution < -0.4 is 4.72 Å². The van der Waals surface area contributed by atoms with Crippen LogP contribution in [-0.2, 0) is 14.8 Å². The highest BCUT2D eigenvalue weighted by Gasteiger charge is 2.19. The van der Waals surface area contributed by atoms with E-state index in [0.29, 0.717) is 17.7 Å². The number of hydrogen-bond acceptors (Lipinski definition) is 4. The zero-order valence-electron chi connectivity index (χ0n) is 13.2. The topological polar surface area (TPSA) is 72.5 Å².